The summed E-state index contributed by atoms with van der Waals surface area (Å²) in [5.41, 5.74) is 0. The predicted molar refractivity (Wildman–Crippen MR) is 59.6 cm³/mol. The third kappa shape index (κ3) is 8.48. The second-order valence-corrected chi connectivity index (χ2v) is 3.58. The molecule has 1 unspecified atom stereocenters. The van der Waals surface area contributed by atoms with E-state index in [-0.39, 0.29) is 0 Å². The Labute approximate surface area is 88.2 Å². The van der Waals surface area contributed by atoms with Crippen LogP contribution in [-0.2, 0) is 9.47 Å². The minimum atomic E-state index is 0.702. The molecule has 0 heterocycles. The highest BCUT2D eigenvalue weighted by atomic mass is 16.5. The Hall–Kier alpha value is -0.120. The Bertz CT molecular complexity index is 109. The van der Waals surface area contributed by atoms with Crippen molar-refractivity contribution < 1.29 is 9.47 Å². The summed E-state index contributed by atoms with van der Waals surface area (Å²) in [6.45, 7) is 5.65. The number of methoxy groups -OCH3 is 1. The normalized spacial score (nSPS) is 13.1. The van der Waals surface area contributed by atoms with Crippen molar-refractivity contribution in [1.82, 2.24) is 5.32 Å². The second-order valence-electron chi connectivity index (χ2n) is 3.58. The van der Waals surface area contributed by atoms with E-state index in [0.717, 1.165) is 32.1 Å². The van der Waals surface area contributed by atoms with Crippen LogP contribution in [0.25, 0.3) is 0 Å². The molecule has 0 aliphatic heterocycles. The van der Waals surface area contributed by atoms with E-state index in [1.807, 2.05) is 7.05 Å². The average molecular weight is 203 g/mol. The van der Waals surface area contributed by atoms with Crippen molar-refractivity contribution in [1.29, 1.82) is 0 Å². The van der Waals surface area contributed by atoms with Crippen LogP contribution in [0.15, 0.2) is 0 Å². The van der Waals surface area contributed by atoms with Crippen molar-refractivity contribution in [2.24, 2.45) is 5.92 Å². The van der Waals surface area contributed by atoms with Crippen LogP contribution in [0.2, 0.25) is 0 Å². The van der Waals surface area contributed by atoms with Crippen molar-refractivity contribution in [2.45, 2.75) is 26.2 Å². The molecular weight excluding hydrogens is 178 g/mol. The summed E-state index contributed by atoms with van der Waals surface area (Å²) in [7, 11) is 3.71. The lowest BCUT2D eigenvalue weighted by molar-refractivity contribution is 0.0671. The van der Waals surface area contributed by atoms with Gasteiger partial charge in [-0.3, -0.25) is 0 Å². The molecule has 0 radical (unpaired) electrons. The zero-order chi connectivity index (χ0) is 10.6. The molecule has 3 nitrogen and oxygen atoms in total. The monoisotopic (exact) mass is 203 g/mol. The Kier molecular flexibility index (Phi) is 10.9. The fraction of sp³-hybridized carbons (Fsp3) is 1.00. The summed E-state index contributed by atoms with van der Waals surface area (Å²) >= 11 is 0. The van der Waals surface area contributed by atoms with Crippen molar-refractivity contribution in [3.63, 3.8) is 0 Å². The maximum atomic E-state index is 5.40. The van der Waals surface area contributed by atoms with Crippen LogP contribution in [0.5, 0.6) is 0 Å². The predicted octanol–water partition coefficient (Wildman–Crippen LogP) is 1.68. The standard InChI is InChI=1S/C11H25NO2/c1-4-11(10-12-2)6-5-7-14-9-8-13-3/h11-12H,4-10H2,1-3H3. The first-order valence-electron chi connectivity index (χ1n) is 5.56. The van der Waals surface area contributed by atoms with Crippen molar-refractivity contribution in [3.05, 3.63) is 0 Å². The lowest BCUT2D eigenvalue weighted by Crippen LogP contribution is -2.18. The fourth-order valence-corrected chi connectivity index (χ4v) is 1.46. The summed E-state index contributed by atoms with van der Waals surface area (Å²) in [5, 5.41) is 3.22. The third-order valence-corrected chi connectivity index (χ3v) is 2.40. The maximum Gasteiger partial charge on any atom is 0.0700 e. The zero-order valence-corrected chi connectivity index (χ0v) is 9.84. The molecule has 3 heteroatoms. The highest BCUT2D eigenvalue weighted by molar-refractivity contribution is 4.58. The highest BCUT2D eigenvalue weighted by Crippen LogP contribution is 2.09. The number of nitrogens with one attached hydrogen (secondary N) is 1. The van der Waals surface area contributed by atoms with Crippen molar-refractivity contribution >= 4 is 0 Å². The van der Waals surface area contributed by atoms with E-state index in [4.69, 9.17) is 9.47 Å². The first-order valence-corrected chi connectivity index (χ1v) is 5.56. The quantitative estimate of drug-likeness (QED) is 0.548. The third-order valence-electron chi connectivity index (χ3n) is 2.40. The molecule has 14 heavy (non-hydrogen) atoms. The molecule has 0 aliphatic carbocycles. The van der Waals surface area contributed by atoms with Crippen LogP contribution in [0, 0.1) is 5.92 Å². The Morgan fingerprint density at radius 2 is 2.00 bits per heavy atom. The van der Waals surface area contributed by atoms with Crippen LogP contribution in [0.3, 0.4) is 0 Å². The summed E-state index contributed by atoms with van der Waals surface area (Å²) in [5.74, 6) is 0.797. The van der Waals surface area contributed by atoms with Gasteiger partial charge in [0.15, 0.2) is 0 Å². The van der Waals surface area contributed by atoms with Crippen LogP contribution < -0.4 is 5.32 Å². The van der Waals surface area contributed by atoms with Crippen LogP contribution in [-0.4, -0.2) is 40.5 Å². The molecule has 0 fully saturated rings. The van der Waals surface area contributed by atoms with Crippen molar-refractivity contribution in [2.75, 3.05) is 40.5 Å². The molecule has 0 aliphatic rings. The van der Waals surface area contributed by atoms with Gasteiger partial charge in [0.1, 0.15) is 0 Å². The van der Waals surface area contributed by atoms with Crippen LogP contribution in [0.1, 0.15) is 26.2 Å². The lowest BCUT2D eigenvalue weighted by Gasteiger charge is -2.13. The molecule has 0 aromatic carbocycles. The highest BCUT2D eigenvalue weighted by Gasteiger charge is 2.03. The minimum Gasteiger partial charge on any atom is -0.382 e. The van der Waals surface area contributed by atoms with E-state index < -0.39 is 0 Å². The van der Waals surface area contributed by atoms with Crippen LogP contribution >= 0.6 is 0 Å². The Balaban J connectivity index is 3.15. The minimum absolute atomic E-state index is 0.702. The summed E-state index contributed by atoms with van der Waals surface area (Å²) in [6, 6.07) is 0. The zero-order valence-electron chi connectivity index (χ0n) is 9.84. The molecule has 0 spiro atoms. The van der Waals surface area contributed by atoms with E-state index in [0.29, 0.717) is 6.61 Å². The first kappa shape index (κ1) is 13.9. The van der Waals surface area contributed by atoms with Gasteiger partial charge in [0.05, 0.1) is 13.2 Å². The smallest absolute Gasteiger partial charge is 0.0700 e. The molecule has 0 bridgehead atoms. The lowest BCUT2D eigenvalue weighted by atomic mass is 10.0. The van der Waals surface area contributed by atoms with Crippen LogP contribution in [0.4, 0.5) is 0 Å². The molecule has 0 saturated heterocycles. The fourth-order valence-electron chi connectivity index (χ4n) is 1.46. The van der Waals surface area contributed by atoms with Gasteiger partial charge >= 0.3 is 0 Å². The molecule has 0 aromatic rings. The summed E-state index contributed by atoms with van der Waals surface area (Å²) in [4.78, 5) is 0. The van der Waals surface area contributed by atoms with Gasteiger partial charge in [-0.25, -0.2) is 0 Å². The molecule has 0 rings (SSSR count). The number of rotatable bonds is 10. The summed E-state index contributed by atoms with van der Waals surface area (Å²) < 4.78 is 10.3. The van der Waals surface area contributed by atoms with Gasteiger partial charge in [-0.2, -0.15) is 0 Å². The maximum absolute atomic E-state index is 5.40. The molecule has 0 aromatic heterocycles. The van der Waals surface area contributed by atoms with Gasteiger partial charge in [0.2, 0.25) is 0 Å². The molecule has 1 N–H and O–H groups in total. The molecular formula is C11H25NO2. The number of ether oxygens (including phenoxy) is 2. The first-order chi connectivity index (χ1) is 6.85. The molecule has 0 saturated carbocycles. The molecule has 86 valence electrons. The Morgan fingerprint density at radius 3 is 2.57 bits per heavy atom. The average Bonchev–Trinajstić information content (AvgIpc) is 2.21. The van der Waals surface area contributed by atoms with Gasteiger partial charge in [0, 0.05) is 13.7 Å². The van der Waals surface area contributed by atoms with E-state index in [1.54, 1.807) is 7.11 Å². The van der Waals surface area contributed by atoms with Gasteiger partial charge in [0.25, 0.3) is 0 Å². The number of hydrogen-bond acceptors (Lipinski definition) is 3. The topological polar surface area (TPSA) is 30.5 Å². The Morgan fingerprint density at radius 1 is 1.21 bits per heavy atom. The van der Waals surface area contributed by atoms with E-state index in [9.17, 15) is 0 Å². The number of hydrogen-bond donors (Lipinski definition) is 1. The van der Waals surface area contributed by atoms with Gasteiger partial charge in [-0.05, 0) is 32.4 Å². The van der Waals surface area contributed by atoms with Gasteiger partial charge in [-0.15, -0.1) is 0 Å². The largest absolute Gasteiger partial charge is 0.382 e. The van der Waals surface area contributed by atoms with E-state index >= 15 is 0 Å². The SMILES string of the molecule is CCC(CCCOCCOC)CNC. The van der Waals surface area contributed by atoms with E-state index in [2.05, 4.69) is 12.2 Å². The second kappa shape index (κ2) is 11.0. The van der Waals surface area contributed by atoms with Gasteiger partial charge < -0.3 is 14.8 Å². The molecule has 0 amide bonds. The van der Waals surface area contributed by atoms with Gasteiger partial charge in [-0.1, -0.05) is 13.3 Å². The van der Waals surface area contributed by atoms with E-state index in [1.165, 1.54) is 12.8 Å². The molecule has 1 atom stereocenters. The van der Waals surface area contributed by atoms with Crippen molar-refractivity contribution in [3.8, 4) is 0 Å². The summed E-state index contributed by atoms with van der Waals surface area (Å²) in [6.07, 6.45) is 3.66.